The Morgan fingerprint density at radius 2 is 1.79 bits per heavy atom. The summed E-state index contributed by atoms with van der Waals surface area (Å²) in [5, 5.41) is 12.8. The number of carbonyl (C=O) groups excluding carboxylic acids is 3. The molecule has 0 radical (unpaired) electrons. The predicted molar refractivity (Wildman–Crippen MR) is 83.1 cm³/mol. The van der Waals surface area contributed by atoms with E-state index in [2.05, 4.69) is 5.32 Å². The van der Waals surface area contributed by atoms with E-state index in [1.165, 1.54) is 13.2 Å². The molecule has 24 heavy (non-hydrogen) atoms. The van der Waals surface area contributed by atoms with E-state index >= 15 is 0 Å². The van der Waals surface area contributed by atoms with E-state index < -0.39 is 29.9 Å². The number of amides is 3. The monoisotopic (exact) mass is 328 g/mol. The molecule has 0 saturated heterocycles. The van der Waals surface area contributed by atoms with Gasteiger partial charge in [0.1, 0.15) is 17.9 Å². The summed E-state index contributed by atoms with van der Waals surface area (Å²) in [6, 6.07) is 9.65. The average molecular weight is 328 g/mol. The quantitative estimate of drug-likeness (QED) is 0.794. The van der Waals surface area contributed by atoms with Gasteiger partial charge in [0.2, 0.25) is 5.91 Å². The van der Waals surface area contributed by atoms with Crippen molar-refractivity contribution < 1.29 is 23.9 Å². The van der Waals surface area contributed by atoms with Crippen molar-refractivity contribution in [2.75, 3.05) is 13.1 Å². The van der Waals surface area contributed by atoms with Crippen molar-refractivity contribution in [2.45, 2.75) is 12.5 Å². The van der Waals surface area contributed by atoms with Crippen molar-refractivity contribution in [3.05, 3.63) is 59.5 Å². The molecule has 1 unspecified atom stereocenters. The maximum atomic E-state index is 12.2. The first-order valence-electron chi connectivity index (χ1n) is 7.38. The van der Waals surface area contributed by atoms with E-state index in [0.717, 1.165) is 4.90 Å². The first-order chi connectivity index (χ1) is 11.4. The molecule has 0 spiro atoms. The predicted octanol–water partition coefficient (Wildman–Crippen LogP) is 0.899. The topological polar surface area (TPSA) is 99.9 Å². The van der Waals surface area contributed by atoms with Gasteiger partial charge in [-0.2, -0.15) is 0 Å². The lowest BCUT2D eigenvalue weighted by Gasteiger charge is -2.22. The van der Waals surface area contributed by atoms with Gasteiger partial charge in [0.25, 0.3) is 11.8 Å². The molecule has 1 aliphatic rings. The number of benzene rings is 1. The van der Waals surface area contributed by atoms with Crippen LogP contribution in [0.4, 0.5) is 0 Å². The van der Waals surface area contributed by atoms with Gasteiger partial charge < -0.3 is 14.8 Å². The van der Waals surface area contributed by atoms with Crippen LogP contribution in [0.15, 0.2) is 47.1 Å². The lowest BCUT2D eigenvalue weighted by atomic mass is 10.0. The Hall–Kier alpha value is -2.93. The number of hydrogen-bond donors (Lipinski definition) is 2. The molecular formula is C17H16N2O5. The van der Waals surface area contributed by atoms with Gasteiger partial charge in [-0.15, -0.1) is 0 Å². The molecule has 0 fully saturated rings. The molecule has 0 bridgehead atoms. The van der Waals surface area contributed by atoms with Crippen LogP contribution in [-0.2, 0) is 10.4 Å². The second-order valence-corrected chi connectivity index (χ2v) is 5.77. The molecule has 1 aliphatic heterocycles. The zero-order valence-corrected chi connectivity index (χ0v) is 13.0. The number of furan rings is 1. The minimum Gasteiger partial charge on any atom is -0.466 e. The van der Waals surface area contributed by atoms with Gasteiger partial charge >= 0.3 is 0 Å². The third-order valence-corrected chi connectivity index (χ3v) is 3.86. The van der Waals surface area contributed by atoms with E-state index in [1.807, 2.05) is 0 Å². The lowest BCUT2D eigenvalue weighted by Crippen LogP contribution is -2.44. The van der Waals surface area contributed by atoms with Crippen LogP contribution in [0.5, 0.6) is 0 Å². The smallest absolute Gasteiger partial charge is 0.262 e. The highest BCUT2D eigenvalue weighted by Gasteiger charge is 2.36. The molecule has 3 amide bonds. The third kappa shape index (κ3) is 2.81. The van der Waals surface area contributed by atoms with Gasteiger partial charge in [-0.3, -0.25) is 19.3 Å². The Labute approximate surface area is 137 Å². The van der Waals surface area contributed by atoms with Crippen molar-refractivity contribution in [1.29, 1.82) is 0 Å². The molecule has 124 valence electrons. The second-order valence-electron chi connectivity index (χ2n) is 5.77. The number of carbonyl (C=O) groups is 3. The van der Waals surface area contributed by atoms with Gasteiger partial charge in [0.05, 0.1) is 23.9 Å². The van der Waals surface area contributed by atoms with Crippen molar-refractivity contribution in [3.63, 3.8) is 0 Å². The molecule has 2 N–H and O–H groups in total. The Bertz CT molecular complexity index is 760. The fourth-order valence-corrected chi connectivity index (χ4v) is 2.53. The second kappa shape index (κ2) is 5.93. The number of nitrogens with one attached hydrogen (secondary N) is 1. The van der Waals surface area contributed by atoms with Gasteiger partial charge in [0, 0.05) is 0 Å². The van der Waals surface area contributed by atoms with Crippen molar-refractivity contribution >= 4 is 17.7 Å². The number of hydrogen-bond acceptors (Lipinski definition) is 5. The van der Waals surface area contributed by atoms with Crippen LogP contribution in [0.2, 0.25) is 0 Å². The molecule has 1 aromatic carbocycles. The zero-order chi connectivity index (χ0) is 17.3. The van der Waals surface area contributed by atoms with E-state index in [-0.39, 0.29) is 17.7 Å². The van der Waals surface area contributed by atoms with E-state index in [9.17, 15) is 19.5 Å². The molecule has 7 heteroatoms. The first-order valence-corrected chi connectivity index (χ1v) is 7.38. The lowest BCUT2D eigenvalue weighted by molar-refractivity contribution is -0.122. The Morgan fingerprint density at radius 1 is 1.17 bits per heavy atom. The van der Waals surface area contributed by atoms with E-state index in [0.29, 0.717) is 5.76 Å². The summed E-state index contributed by atoms with van der Waals surface area (Å²) in [6.45, 7) is 0.983. The van der Waals surface area contributed by atoms with Crippen molar-refractivity contribution in [2.24, 2.45) is 0 Å². The molecule has 1 atom stereocenters. The number of fused-ring (bicyclic) bond motifs is 1. The number of imide groups is 1. The molecule has 0 saturated carbocycles. The van der Waals surface area contributed by atoms with Crippen LogP contribution in [0.3, 0.4) is 0 Å². The zero-order valence-electron chi connectivity index (χ0n) is 13.0. The van der Waals surface area contributed by atoms with Crippen LogP contribution in [0.25, 0.3) is 0 Å². The summed E-state index contributed by atoms with van der Waals surface area (Å²) in [5.41, 5.74) is -0.808. The number of nitrogens with zero attached hydrogens (tertiary/aromatic N) is 1. The minimum absolute atomic E-state index is 0.109. The standard InChI is InChI=1S/C17H16N2O5/c1-17(23,13-7-4-8-24-13)10-18-14(20)9-19-15(21)11-5-2-3-6-12(11)16(19)22/h2-8,23H,9-10H2,1H3,(H,18,20). The van der Waals surface area contributed by atoms with Gasteiger partial charge in [0.15, 0.2) is 0 Å². The van der Waals surface area contributed by atoms with E-state index in [4.69, 9.17) is 4.42 Å². The molecule has 2 heterocycles. The SMILES string of the molecule is CC(O)(CNC(=O)CN1C(=O)c2ccccc2C1=O)c1ccco1. The molecular weight excluding hydrogens is 312 g/mol. The summed E-state index contributed by atoms with van der Waals surface area (Å²) in [4.78, 5) is 37.3. The van der Waals surface area contributed by atoms with Crippen LogP contribution in [0.1, 0.15) is 33.4 Å². The molecule has 7 nitrogen and oxygen atoms in total. The highest BCUT2D eigenvalue weighted by Crippen LogP contribution is 2.22. The van der Waals surface area contributed by atoms with Crippen molar-refractivity contribution in [3.8, 4) is 0 Å². The van der Waals surface area contributed by atoms with Crippen molar-refractivity contribution in [1.82, 2.24) is 10.2 Å². The fraction of sp³-hybridized carbons (Fsp3) is 0.235. The highest BCUT2D eigenvalue weighted by molar-refractivity contribution is 6.22. The Morgan fingerprint density at radius 3 is 2.33 bits per heavy atom. The summed E-state index contributed by atoms with van der Waals surface area (Å²) in [5.74, 6) is -1.23. The maximum absolute atomic E-state index is 12.2. The molecule has 1 aromatic heterocycles. The summed E-state index contributed by atoms with van der Waals surface area (Å²) in [6.07, 6.45) is 1.42. The van der Waals surface area contributed by atoms with Crippen LogP contribution >= 0.6 is 0 Å². The highest BCUT2D eigenvalue weighted by atomic mass is 16.4. The van der Waals surface area contributed by atoms with E-state index in [1.54, 1.807) is 36.4 Å². The van der Waals surface area contributed by atoms with Gasteiger partial charge in [-0.25, -0.2) is 0 Å². The number of aliphatic hydroxyl groups is 1. The normalized spacial score (nSPS) is 16.0. The minimum atomic E-state index is -1.39. The largest absolute Gasteiger partial charge is 0.466 e. The summed E-state index contributed by atoms with van der Waals surface area (Å²) >= 11 is 0. The van der Waals surface area contributed by atoms with Crippen LogP contribution in [-0.4, -0.2) is 40.8 Å². The summed E-state index contributed by atoms with van der Waals surface area (Å²) in [7, 11) is 0. The average Bonchev–Trinajstić information content (AvgIpc) is 3.18. The van der Waals surface area contributed by atoms with Crippen LogP contribution in [0, 0.1) is 0 Å². The third-order valence-electron chi connectivity index (χ3n) is 3.86. The molecule has 2 aromatic rings. The first kappa shape index (κ1) is 15.9. The van der Waals surface area contributed by atoms with Crippen LogP contribution < -0.4 is 5.32 Å². The Kier molecular flexibility index (Phi) is 3.94. The molecule has 0 aliphatic carbocycles. The van der Waals surface area contributed by atoms with Gasteiger partial charge in [-0.1, -0.05) is 12.1 Å². The fourth-order valence-electron chi connectivity index (χ4n) is 2.53. The van der Waals surface area contributed by atoms with Gasteiger partial charge in [-0.05, 0) is 31.2 Å². The molecule has 3 rings (SSSR count). The maximum Gasteiger partial charge on any atom is 0.262 e. The summed E-state index contributed by atoms with van der Waals surface area (Å²) < 4.78 is 5.12. The Balaban J connectivity index is 1.62. The number of rotatable bonds is 5.